The van der Waals surface area contributed by atoms with Crippen LogP contribution < -0.4 is 5.32 Å². The van der Waals surface area contributed by atoms with Gasteiger partial charge in [0.05, 0.1) is 36.2 Å². The molecular formula is C21H22N2O5S2. The van der Waals surface area contributed by atoms with Crippen molar-refractivity contribution in [2.24, 2.45) is 0 Å². The third kappa shape index (κ3) is 6.08. The number of amides is 1. The zero-order valence-electron chi connectivity index (χ0n) is 16.9. The smallest absolute Gasteiger partial charge is 0.348 e. The third-order valence-electron chi connectivity index (χ3n) is 3.93. The zero-order valence-corrected chi connectivity index (χ0v) is 18.6. The van der Waals surface area contributed by atoms with Gasteiger partial charge in [-0.25, -0.2) is 9.59 Å². The molecule has 0 bridgehead atoms. The van der Waals surface area contributed by atoms with E-state index < -0.39 is 11.9 Å². The van der Waals surface area contributed by atoms with Gasteiger partial charge in [0.1, 0.15) is 9.88 Å². The van der Waals surface area contributed by atoms with Crippen molar-refractivity contribution in [3.8, 4) is 6.07 Å². The summed E-state index contributed by atoms with van der Waals surface area (Å²) in [5, 5.41) is 11.8. The number of ether oxygens (including phenoxy) is 2. The minimum Gasteiger partial charge on any atom is -0.462 e. The SMILES string of the molecule is CCOC(=O)c1sc(NC(=O)CSCc2ccc(C#N)cc2)c(C(=O)OCC)c1C. The number of rotatable bonds is 9. The Labute approximate surface area is 183 Å². The van der Waals surface area contributed by atoms with Crippen molar-refractivity contribution < 1.29 is 23.9 Å². The first-order valence-electron chi connectivity index (χ1n) is 9.25. The number of nitrogens with one attached hydrogen (secondary N) is 1. The number of benzene rings is 1. The van der Waals surface area contributed by atoms with Crippen molar-refractivity contribution in [3.05, 3.63) is 51.4 Å². The lowest BCUT2D eigenvalue weighted by Crippen LogP contribution is -2.16. The predicted octanol–water partition coefficient (Wildman–Crippen LogP) is 4.15. The first-order valence-corrected chi connectivity index (χ1v) is 11.2. The van der Waals surface area contributed by atoms with Crippen LogP contribution in [0.15, 0.2) is 24.3 Å². The highest BCUT2D eigenvalue weighted by Crippen LogP contribution is 2.34. The van der Waals surface area contributed by atoms with Gasteiger partial charge in [0, 0.05) is 5.75 Å². The van der Waals surface area contributed by atoms with Gasteiger partial charge < -0.3 is 14.8 Å². The first-order chi connectivity index (χ1) is 14.4. The molecule has 7 nitrogen and oxygen atoms in total. The number of thiophene rings is 1. The molecule has 158 valence electrons. The van der Waals surface area contributed by atoms with E-state index >= 15 is 0 Å². The van der Waals surface area contributed by atoms with Gasteiger partial charge in [-0.2, -0.15) is 5.26 Å². The molecular weight excluding hydrogens is 424 g/mol. The van der Waals surface area contributed by atoms with Crippen LogP contribution in [-0.4, -0.2) is 36.8 Å². The fraction of sp³-hybridized carbons (Fsp3) is 0.333. The van der Waals surface area contributed by atoms with E-state index in [-0.39, 0.29) is 40.3 Å². The Morgan fingerprint density at radius 2 is 1.73 bits per heavy atom. The minimum atomic E-state index is -0.595. The van der Waals surface area contributed by atoms with Gasteiger partial charge in [-0.15, -0.1) is 23.1 Å². The molecule has 1 amide bonds. The molecule has 0 aliphatic carbocycles. The van der Waals surface area contributed by atoms with Crippen LogP contribution in [0.3, 0.4) is 0 Å². The number of hydrogen-bond donors (Lipinski definition) is 1. The molecule has 0 atom stereocenters. The molecule has 0 unspecified atom stereocenters. The van der Waals surface area contributed by atoms with E-state index in [1.807, 2.05) is 12.1 Å². The second-order valence-electron chi connectivity index (χ2n) is 6.05. The third-order valence-corrected chi connectivity index (χ3v) is 6.12. The summed E-state index contributed by atoms with van der Waals surface area (Å²) in [6, 6.07) is 9.21. The maximum atomic E-state index is 12.4. The topological polar surface area (TPSA) is 105 Å². The van der Waals surface area contributed by atoms with Crippen LogP contribution in [-0.2, 0) is 20.0 Å². The summed E-state index contributed by atoms with van der Waals surface area (Å²) in [6.07, 6.45) is 0. The molecule has 9 heteroatoms. The molecule has 0 aliphatic heterocycles. The summed E-state index contributed by atoms with van der Waals surface area (Å²) >= 11 is 2.40. The Hall–Kier alpha value is -2.83. The van der Waals surface area contributed by atoms with Gasteiger partial charge in [-0.05, 0) is 44.0 Å². The number of hydrogen-bond acceptors (Lipinski definition) is 8. The van der Waals surface area contributed by atoms with Gasteiger partial charge in [-0.3, -0.25) is 4.79 Å². The molecule has 0 spiro atoms. The van der Waals surface area contributed by atoms with Crippen molar-refractivity contribution in [1.82, 2.24) is 0 Å². The number of thioether (sulfide) groups is 1. The number of esters is 2. The monoisotopic (exact) mass is 446 g/mol. The van der Waals surface area contributed by atoms with Gasteiger partial charge in [0.15, 0.2) is 0 Å². The molecule has 0 aliphatic rings. The number of anilines is 1. The molecule has 1 N–H and O–H groups in total. The number of nitriles is 1. The van der Waals surface area contributed by atoms with Gasteiger partial charge in [0.2, 0.25) is 5.91 Å². The summed E-state index contributed by atoms with van der Waals surface area (Å²) < 4.78 is 10.1. The molecule has 0 radical (unpaired) electrons. The molecule has 1 aromatic carbocycles. The van der Waals surface area contributed by atoms with Crippen LogP contribution in [0.5, 0.6) is 0 Å². The Bertz CT molecular complexity index is 961. The van der Waals surface area contributed by atoms with E-state index in [0.717, 1.165) is 16.9 Å². The Morgan fingerprint density at radius 1 is 1.10 bits per heavy atom. The van der Waals surface area contributed by atoms with Crippen LogP contribution >= 0.6 is 23.1 Å². The lowest BCUT2D eigenvalue weighted by molar-refractivity contribution is -0.113. The van der Waals surface area contributed by atoms with E-state index in [1.54, 1.807) is 32.9 Å². The van der Waals surface area contributed by atoms with E-state index in [2.05, 4.69) is 11.4 Å². The van der Waals surface area contributed by atoms with Gasteiger partial charge in [0.25, 0.3) is 0 Å². The predicted molar refractivity (Wildman–Crippen MR) is 117 cm³/mol. The van der Waals surface area contributed by atoms with E-state index in [0.29, 0.717) is 16.9 Å². The highest BCUT2D eigenvalue weighted by molar-refractivity contribution is 7.99. The lowest BCUT2D eigenvalue weighted by Gasteiger charge is -2.07. The molecule has 2 rings (SSSR count). The number of carbonyl (C=O) groups excluding carboxylic acids is 3. The van der Waals surface area contributed by atoms with Crippen molar-refractivity contribution in [2.45, 2.75) is 26.5 Å². The molecule has 30 heavy (non-hydrogen) atoms. The molecule has 2 aromatic rings. The molecule has 1 aromatic heterocycles. The summed E-state index contributed by atoms with van der Waals surface area (Å²) in [5.74, 6) is -0.672. The highest BCUT2D eigenvalue weighted by Gasteiger charge is 2.27. The Kier molecular flexibility index (Phi) is 8.89. The summed E-state index contributed by atoms with van der Waals surface area (Å²) in [7, 11) is 0. The normalized spacial score (nSPS) is 10.2. The van der Waals surface area contributed by atoms with Crippen LogP contribution in [0, 0.1) is 18.3 Å². The average Bonchev–Trinajstić information content (AvgIpc) is 3.04. The van der Waals surface area contributed by atoms with E-state index in [1.165, 1.54) is 11.8 Å². The van der Waals surface area contributed by atoms with E-state index in [9.17, 15) is 14.4 Å². The van der Waals surface area contributed by atoms with Crippen LogP contribution in [0.2, 0.25) is 0 Å². The average molecular weight is 447 g/mol. The van der Waals surface area contributed by atoms with Crippen molar-refractivity contribution in [2.75, 3.05) is 24.3 Å². The largest absolute Gasteiger partial charge is 0.462 e. The van der Waals surface area contributed by atoms with Crippen LogP contribution in [0.4, 0.5) is 5.00 Å². The molecule has 0 saturated carbocycles. The molecule has 1 heterocycles. The summed E-state index contributed by atoms with van der Waals surface area (Å²) in [5.41, 5.74) is 2.18. The van der Waals surface area contributed by atoms with Gasteiger partial charge in [-0.1, -0.05) is 12.1 Å². The maximum Gasteiger partial charge on any atom is 0.348 e. The van der Waals surface area contributed by atoms with Crippen LogP contribution in [0.1, 0.15) is 50.6 Å². The van der Waals surface area contributed by atoms with Crippen molar-refractivity contribution >= 4 is 45.9 Å². The van der Waals surface area contributed by atoms with Crippen LogP contribution in [0.25, 0.3) is 0 Å². The van der Waals surface area contributed by atoms with E-state index in [4.69, 9.17) is 14.7 Å². The second-order valence-corrected chi connectivity index (χ2v) is 8.06. The quantitative estimate of drug-likeness (QED) is 0.577. The maximum absolute atomic E-state index is 12.4. The lowest BCUT2D eigenvalue weighted by atomic mass is 10.1. The standard InChI is InChI=1S/C21H22N2O5S2/c1-4-27-20(25)17-13(3)18(21(26)28-5-2)30-19(17)23-16(24)12-29-11-15-8-6-14(10-22)7-9-15/h6-9H,4-5,11-12H2,1-3H3,(H,23,24). The Morgan fingerprint density at radius 3 is 2.33 bits per heavy atom. The second kappa shape index (κ2) is 11.4. The summed E-state index contributed by atoms with van der Waals surface area (Å²) in [4.78, 5) is 37.2. The van der Waals surface area contributed by atoms with Crippen molar-refractivity contribution in [3.63, 3.8) is 0 Å². The fourth-order valence-corrected chi connectivity index (χ4v) is 4.43. The first kappa shape index (κ1) is 23.4. The summed E-state index contributed by atoms with van der Waals surface area (Å²) in [6.45, 7) is 5.39. The number of carbonyl (C=O) groups is 3. The zero-order chi connectivity index (χ0) is 22.1. The van der Waals surface area contributed by atoms with Gasteiger partial charge >= 0.3 is 11.9 Å². The minimum absolute atomic E-state index is 0.161. The molecule has 0 saturated heterocycles. The molecule has 0 fully saturated rings. The fourth-order valence-electron chi connectivity index (χ4n) is 2.54. The Balaban J connectivity index is 2.08. The highest BCUT2D eigenvalue weighted by atomic mass is 32.2. The van der Waals surface area contributed by atoms with Crippen molar-refractivity contribution in [1.29, 1.82) is 5.26 Å². The number of nitrogens with zero attached hydrogens (tertiary/aromatic N) is 1.